The summed E-state index contributed by atoms with van der Waals surface area (Å²) < 4.78 is 2.45. The van der Waals surface area contributed by atoms with E-state index in [1.54, 1.807) is 0 Å². The Morgan fingerprint density at radius 1 is 0.286 bits per heavy atom. The lowest BCUT2D eigenvalue weighted by Gasteiger charge is -2.14. The Labute approximate surface area is 363 Å². The van der Waals surface area contributed by atoms with Crippen molar-refractivity contribution in [2.24, 2.45) is 0 Å². The smallest absolute Gasteiger partial charge is 0.0979 e. The summed E-state index contributed by atoms with van der Waals surface area (Å²) in [6.45, 7) is 0. The van der Waals surface area contributed by atoms with Crippen LogP contribution in [-0.2, 0) is 0 Å². The SMILES string of the molecule is c1ccc2c(c1)cc(-n1c3ccccc3c3cc(-c4ccc(-c5ccc(-c6ccc(-c7cnc8c9ccccc9c9ccccc9c8n7)cc6)cc5)cc4)ccc31)c1ccccc12. The maximum Gasteiger partial charge on any atom is 0.0979 e. The van der Waals surface area contributed by atoms with Gasteiger partial charge in [0.05, 0.1) is 39.6 Å². The lowest BCUT2D eigenvalue weighted by atomic mass is 9.97. The molecule has 292 valence electrons. The number of benzene rings is 11. The highest BCUT2D eigenvalue weighted by Gasteiger charge is 2.17. The minimum absolute atomic E-state index is 0.870. The molecule has 0 aliphatic rings. The fourth-order valence-electron chi connectivity index (χ4n) is 9.94. The Balaban J connectivity index is 0.790. The number of rotatable bonds is 5. The van der Waals surface area contributed by atoms with Crippen LogP contribution in [-0.4, -0.2) is 14.5 Å². The summed E-state index contributed by atoms with van der Waals surface area (Å²) in [4.78, 5) is 10.2. The van der Waals surface area contributed by atoms with Crippen LogP contribution < -0.4 is 0 Å². The maximum absolute atomic E-state index is 5.19. The second-order valence-electron chi connectivity index (χ2n) is 16.5. The van der Waals surface area contributed by atoms with Crippen molar-refractivity contribution in [3.8, 4) is 50.3 Å². The molecule has 13 aromatic rings. The normalized spacial score (nSPS) is 11.8. The van der Waals surface area contributed by atoms with Crippen molar-refractivity contribution in [2.45, 2.75) is 0 Å². The average Bonchev–Trinajstić information content (AvgIpc) is 3.69. The van der Waals surface area contributed by atoms with Gasteiger partial charge in [-0.15, -0.1) is 0 Å². The number of aromatic nitrogens is 3. The van der Waals surface area contributed by atoms with Gasteiger partial charge in [-0.05, 0) is 84.6 Å². The zero-order valence-electron chi connectivity index (χ0n) is 34.2. The van der Waals surface area contributed by atoms with Gasteiger partial charge in [0.1, 0.15) is 0 Å². The first-order valence-electron chi connectivity index (χ1n) is 21.6. The second-order valence-corrected chi connectivity index (χ2v) is 16.5. The number of para-hydroxylation sites is 1. The van der Waals surface area contributed by atoms with E-state index in [2.05, 4.69) is 223 Å². The number of fused-ring (bicyclic) bond motifs is 12. The Morgan fingerprint density at radius 2 is 0.714 bits per heavy atom. The van der Waals surface area contributed by atoms with Crippen molar-refractivity contribution in [1.82, 2.24) is 14.5 Å². The van der Waals surface area contributed by atoms with Gasteiger partial charge in [-0.3, -0.25) is 4.98 Å². The highest BCUT2D eigenvalue weighted by molar-refractivity contribution is 6.23. The Hall–Kier alpha value is -8.40. The van der Waals surface area contributed by atoms with Gasteiger partial charge in [-0.25, -0.2) is 4.98 Å². The van der Waals surface area contributed by atoms with Crippen molar-refractivity contribution in [3.63, 3.8) is 0 Å². The molecular formula is C60H37N3. The van der Waals surface area contributed by atoms with Crippen molar-refractivity contribution >= 4 is 75.9 Å². The molecule has 0 aliphatic heterocycles. The highest BCUT2D eigenvalue weighted by atomic mass is 15.0. The molecule has 0 unspecified atom stereocenters. The molecule has 3 nitrogen and oxygen atoms in total. The molecule has 0 N–H and O–H groups in total. The Bertz CT molecular complexity index is 3900. The number of nitrogens with zero attached hydrogens (tertiary/aromatic N) is 3. The molecule has 13 rings (SSSR count). The van der Waals surface area contributed by atoms with E-state index in [4.69, 9.17) is 9.97 Å². The fourth-order valence-corrected chi connectivity index (χ4v) is 9.94. The molecule has 2 aromatic heterocycles. The van der Waals surface area contributed by atoms with Gasteiger partial charge < -0.3 is 4.57 Å². The van der Waals surface area contributed by atoms with Gasteiger partial charge in [-0.2, -0.15) is 0 Å². The van der Waals surface area contributed by atoms with E-state index in [0.717, 1.165) is 38.6 Å². The first-order chi connectivity index (χ1) is 31.2. The minimum atomic E-state index is 0.870. The molecule has 0 amide bonds. The van der Waals surface area contributed by atoms with E-state index in [1.165, 1.54) is 87.6 Å². The third-order valence-corrected chi connectivity index (χ3v) is 13.0. The van der Waals surface area contributed by atoms with Crippen LogP contribution in [0.15, 0.2) is 225 Å². The molecule has 0 bridgehead atoms. The van der Waals surface area contributed by atoms with Crippen molar-refractivity contribution in [1.29, 1.82) is 0 Å². The van der Waals surface area contributed by atoms with Crippen LogP contribution in [0.1, 0.15) is 0 Å². The lowest BCUT2D eigenvalue weighted by Crippen LogP contribution is -1.96. The van der Waals surface area contributed by atoms with Crippen LogP contribution in [0.2, 0.25) is 0 Å². The first-order valence-corrected chi connectivity index (χ1v) is 21.6. The third kappa shape index (κ3) is 5.67. The van der Waals surface area contributed by atoms with Crippen molar-refractivity contribution in [2.75, 3.05) is 0 Å². The standard InChI is InChI=1S/C60H37N3/c1-2-12-46-45(11-1)36-58(50-16-6-3-13-47(46)50)63-56-20-10-9-17-51(56)54-35-44(33-34-57(54)63)42-27-25-40(26-28-42)38-21-23-39(24-22-38)41-29-31-43(32-30-41)55-37-61-59-52-18-7-4-14-48(52)49-15-5-8-19-53(49)60(59)62-55/h1-37H. The van der Waals surface area contributed by atoms with Gasteiger partial charge in [-0.1, -0.05) is 194 Å². The molecule has 2 heterocycles. The molecular weight excluding hydrogens is 763 g/mol. The molecule has 0 radical (unpaired) electrons. The van der Waals surface area contributed by atoms with E-state index in [-0.39, 0.29) is 0 Å². The van der Waals surface area contributed by atoms with Crippen LogP contribution >= 0.6 is 0 Å². The fraction of sp³-hybridized carbons (Fsp3) is 0. The van der Waals surface area contributed by atoms with E-state index in [0.29, 0.717) is 0 Å². The number of hydrogen-bond acceptors (Lipinski definition) is 2. The molecule has 0 atom stereocenters. The monoisotopic (exact) mass is 799 g/mol. The zero-order valence-corrected chi connectivity index (χ0v) is 34.2. The van der Waals surface area contributed by atoms with Crippen LogP contribution in [0.3, 0.4) is 0 Å². The Morgan fingerprint density at radius 3 is 1.33 bits per heavy atom. The summed E-state index contributed by atoms with van der Waals surface area (Å²) in [5.74, 6) is 0. The van der Waals surface area contributed by atoms with Crippen LogP contribution in [0, 0.1) is 0 Å². The van der Waals surface area contributed by atoms with E-state index in [1.807, 2.05) is 6.20 Å². The molecule has 11 aromatic carbocycles. The maximum atomic E-state index is 5.19. The van der Waals surface area contributed by atoms with Gasteiger partial charge in [0.25, 0.3) is 0 Å². The largest absolute Gasteiger partial charge is 0.309 e. The van der Waals surface area contributed by atoms with Gasteiger partial charge in [0.2, 0.25) is 0 Å². The zero-order chi connectivity index (χ0) is 41.4. The summed E-state index contributed by atoms with van der Waals surface area (Å²) >= 11 is 0. The van der Waals surface area contributed by atoms with Crippen LogP contribution in [0.5, 0.6) is 0 Å². The van der Waals surface area contributed by atoms with Crippen molar-refractivity contribution in [3.05, 3.63) is 225 Å². The predicted octanol–water partition coefficient (Wildman–Crippen LogP) is 16.0. The van der Waals surface area contributed by atoms with Crippen molar-refractivity contribution < 1.29 is 0 Å². The van der Waals surface area contributed by atoms with Gasteiger partial charge in [0.15, 0.2) is 0 Å². The highest BCUT2D eigenvalue weighted by Crippen LogP contribution is 2.40. The van der Waals surface area contributed by atoms with Gasteiger partial charge in [0, 0.05) is 32.5 Å². The molecule has 63 heavy (non-hydrogen) atoms. The average molecular weight is 800 g/mol. The lowest BCUT2D eigenvalue weighted by molar-refractivity contribution is 1.20. The molecule has 0 spiro atoms. The van der Waals surface area contributed by atoms with E-state index < -0.39 is 0 Å². The molecule has 3 heteroatoms. The molecule has 0 saturated heterocycles. The minimum Gasteiger partial charge on any atom is -0.309 e. The summed E-state index contributed by atoms with van der Waals surface area (Å²) in [5.41, 5.74) is 14.5. The Kier molecular flexibility index (Phi) is 7.91. The summed E-state index contributed by atoms with van der Waals surface area (Å²) in [5, 5.41) is 12.2. The quantitative estimate of drug-likeness (QED) is 0.162. The molecule has 0 saturated carbocycles. The third-order valence-electron chi connectivity index (χ3n) is 13.0. The summed E-state index contributed by atoms with van der Waals surface area (Å²) in [6.07, 6.45) is 1.91. The molecule has 0 aliphatic carbocycles. The van der Waals surface area contributed by atoms with Gasteiger partial charge >= 0.3 is 0 Å². The van der Waals surface area contributed by atoms with E-state index >= 15 is 0 Å². The van der Waals surface area contributed by atoms with Crippen LogP contribution in [0.25, 0.3) is 126 Å². The summed E-state index contributed by atoms with van der Waals surface area (Å²) in [6, 6.07) is 79.1. The molecule has 0 fully saturated rings. The summed E-state index contributed by atoms with van der Waals surface area (Å²) in [7, 11) is 0. The first kappa shape index (κ1) is 35.4. The topological polar surface area (TPSA) is 30.7 Å². The van der Waals surface area contributed by atoms with E-state index in [9.17, 15) is 0 Å². The van der Waals surface area contributed by atoms with Crippen LogP contribution in [0.4, 0.5) is 0 Å². The second kappa shape index (κ2) is 14.1. The predicted molar refractivity (Wildman–Crippen MR) is 266 cm³/mol. The number of hydrogen-bond donors (Lipinski definition) is 0.